The summed E-state index contributed by atoms with van der Waals surface area (Å²) in [7, 11) is 1.81. The Kier molecular flexibility index (Phi) is 4.75. The van der Waals surface area contributed by atoms with Crippen LogP contribution in [0.3, 0.4) is 0 Å². The molecule has 3 heteroatoms. The van der Waals surface area contributed by atoms with Crippen molar-refractivity contribution in [1.82, 2.24) is 0 Å². The molecule has 0 bridgehead atoms. The topological polar surface area (TPSA) is 29.3 Å². The first-order valence-corrected chi connectivity index (χ1v) is 2.84. The molecule has 1 rings (SSSR count). The van der Waals surface area contributed by atoms with Gasteiger partial charge in [0.15, 0.2) is 0 Å². The van der Waals surface area contributed by atoms with Gasteiger partial charge in [-0.25, -0.2) is 5.84 Å². The van der Waals surface area contributed by atoms with Crippen molar-refractivity contribution in [2.24, 2.45) is 5.84 Å². The van der Waals surface area contributed by atoms with Crippen molar-refractivity contribution in [3.05, 3.63) is 30.3 Å². The predicted molar refractivity (Wildman–Crippen MR) is 39.0 cm³/mol. The Labute approximate surface area is 83.6 Å². The summed E-state index contributed by atoms with van der Waals surface area (Å²) in [5.41, 5.74) is 1.03. The Balaban J connectivity index is 0.000000810. The van der Waals surface area contributed by atoms with Crippen molar-refractivity contribution in [2.45, 2.75) is 0 Å². The van der Waals surface area contributed by atoms with E-state index in [9.17, 15) is 0 Å². The molecule has 1 aromatic rings. The Morgan fingerprint density at radius 2 is 1.70 bits per heavy atom. The number of benzene rings is 1. The number of para-hydroxylation sites is 1. The van der Waals surface area contributed by atoms with E-state index in [2.05, 4.69) is 0 Å². The van der Waals surface area contributed by atoms with Crippen LogP contribution in [0.1, 0.15) is 0 Å². The Morgan fingerprint density at radius 1 is 1.20 bits per heavy atom. The van der Waals surface area contributed by atoms with E-state index in [1.54, 1.807) is 5.01 Å². The summed E-state index contributed by atoms with van der Waals surface area (Å²) >= 11 is 0. The largest absolute Gasteiger partial charge is 0.314 e. The third kappa shape index (κ3) is 2.72. The molecule has 1 aromatic carbocycles. The quantitative estimate of drug-likeness (QED) is 0.599. The SMILES string of the molecule is CN(N)c1ccccc1.[Np]. The van der Waals surface area contributed by atoms with Gasteiger partial charge in [0.2, 0.25) is 0 Å². The van der Waals surface area contributed by atoms with E-state index in [4.69, 9.17) is 5.84 Å². The maximum atomic E-state index is 5.45. The van der Waals surface area contributed by atoms with Crippen LogP contribution in [0.2, 0.25) is 0 Å². The molecule has 10 heavy (non-hydrogen) atoms. The van der Waals surface area contributed by atoms with Gasteiger partial charge in [0, 0.05) is 37.0 Å². The van der Waals surface area contributed by atoms with E-state index in [-0.39, 0.29) is 29.9 Å². The molecule has 0 aromatic heterocycles. The molecule has 0 fully saturated rings. The van der Waals surface area contributed by atoms with Gasteiger partial charge >= 0.3 is 0 Å². The summed E-state index contributed by atoms with van der Waals surface area (Å²) in [6.45, 7) is 0. The standard InChI is InChI=1S/C7H10N2.Np/c1-9(8)7-5-3-2-4-6-7;/h2-6H,8H2,1H3;. The van der Waals surface area contributed by atoms with Crippen molar-refractivity contribution in [2.75, 3.05) is 12.1 Å². The molecule has 2 nitrogen and oxygen atoms in total. The molecule has 0 spiro atoms. The molecule has 2 N–H and O–H groups in total. The van der Waals surface area contributed by atoms with Crippen LogP contribution >= 0.6 is 0 Å². The van der Waals surface area contributed by atoms with Crippen LogP contribution in [0.25, 0.3) is 0 Å². The average molecular weight is 359 g/mol. The first-order valence-electron chi connectivity index (χ1n) is 2.84. The van der Waals surface area contributed by atoms with Crippen molar-refractivity contribution >= 4 is 5.69 Å². The van der Waals surface area contributed by atoms with Gasteiger partial charge in [-0.05, 0) is 12.1 Å². The van der Waals surface area contributed by atoms with Gasteiger partial charge in [-0.15, -0.1) is 0 Å². The van der Waals surface area contributed by atoms with Gasteiger partial charge in [-0.1, -0.05) is 18.2 Å². The van der Waals surface area contributed by atoms with Crippen LogP contribution in [0, 0.1) is 29.9 Å². The third-order valence-corrected chi connectivity index (χ3v) is 1.16. The number of anilines is 1. The summed E-state index contributed by atoms with van der Waals surface area (Å²) in [5.74, 6) is 5.45. The van der Waals surface area contributed by atoms with Gasteiger partial charge in [0.05, 0.1) is 5.69 Å². The smallest absolute Gasteiger partial charge is 0.0513 e. The second-order valence-corrected chi connectivity index (χ2v) is 1.95. The summed E-state index contributed by atoms with van der Waals surface area (Å²) < 4.78 is 0. The summed E-state index contributed by atoms with van der Waals surface area (Å²) in [6, 6.07) is 9.80. The van der Waals surface area contributed by atoms with Crippen LogP contribution in [-0.4, -0.2) is 7.05 Å². The number of hydrogen-bond donors (Lipinski definition) is 1. The molecule has 0 saturated carbocycles. The summed E-state index contributed by atoms with van der Waals surface area (Å²) in [4.78, 5) is 0. The van der Waals surface area contributed by atoms with E-state index in [1.165, 1.54) is 0 Å². The molecule has 0 amide bonds. The van der Waals surface area contributed by atoms with E-state index >= 15 is 0 Å². The Hall–Kier alpha value is -0.00701. The van der Waals surface area contributed by atoms with Gasteiger partial charge in [-0.3, -0.25) is 0 Å². The monoisotopic (exact) mass is 358 g/mol. The van der Waals surface area contributed by atoms with E-state index in [0.29, 0.717) is 0 Å². The van der Waals surface area contributed by atoms with Crippen molar-refractivity contribution < 1.29 is 29.9 Å². The van der Waals surface area contributed by atoms with Gasteiger partial charge in [-0.2, -0.15) is 0 Å². The molecule has 0 saturated heterocycles. The molecular formula is C7H10N2Np. The van der Waals surface area contributed by atoms with Crippen LogP contribution in [0.4, 0.5) is 5.69 Å². The molecule has 0 heterocycles. The first kappa shape index (κ1) is 9.99. The van der Waals surface area contributed by atoms with Gasteiger partial charge in [0.25, 0.3) is 0 Å². The minimum absolute atomic E-state index is 0. The third-order valence-electron chi connectivity index (χ3n) is 1.16. The Morgan fingerprint density at radius 3 is 2.00 bits per heavy atom. The normalized spacial score (nSPS) is 8.20. The maximum absolute atomic E-state index is 5.45. The fourth-order valence-electron chi connectivity index (χ4n) is 0.663. The molecular weight excluding hydrogens is 349 g/mol. The van der Waals surface area contributed by atoms with E-state index in [0.717, 1.165) is 5.69 Å². The van der Waals surface area contributed by atoms with E-state index < -0.39 is 0 Å². The van der Waals surface area contributed by atoms with Crippen LogP contribution in [-0.2, 0) is 0 Å². The zero-order valence-electron chi connectivity index (χ0n) is 5.86. The molecule has 0 unspecified atom stereocenters. The minimum atomic E-state index is 0. The second kappa shape index (κ2) is 4.75. The fraction of sp³-hybridized carbons (Fsp3) is 0.143. The summed E-state index contributed by atoms with van der Waals surface area (Å²) in [6.07, 6.45) is 0. The number of nitrogens with zero attached hydrogens (tertiary/aromatic N) is 1. The molecule has 0 aliphatic heterocycles. The molecule has 53 valence electrons. The number of nitrogens with two attached hydrogens (primary N) is 1. The van der Waals surface area contributed by atoms with Crippen molar-refractivity contribution in [3.63, 3.8) is 0 Å². The minimum Gasteiger partial charge on any atom is -0.314 e. The number of hydrazine groups is 1. The summed E-state index contributed by atoms with van der Waals surface area (Å²) in [5, 5.41) is 1.58. The molecule has 1 radical (unpaired) electrons. The van der Waals surface area contributed by atoms with Gasteiger partial charge in [0.1, 0.15) is 0 Å². The molecule has 0 atom stereocenters. The second-order valence-electron chi connectivity index (χ2n) is 1.95. The fourth-order valence-corrected chi connectivity index (χ4v) is 0.663. The van der Waals surface area contributed by atoms with Gasteiger partial charge < -0.3 is 5.01 Å². The van der Waals surface area contributed by atoms with Crippen LogP contribution < -0.4 is 10.9 Å². The van der Waals surface area contributed by atoms with Crippen LogP contribution in [0.15, 0.2) is 30.3 Å². The zero-order valence-corrected chi connectivity index (χ0v) is 9.58. The van der Waals surface area contributed by atoms with Crippen molar-refractivity contribution in [3.8, 4) is 0 Å². The van der Waals surface area contributed by atoms with E-state index in [1.807, 2.05) is 37.4 Å². The van der Waals surface area contributed by atoms with Crippen molar-refractivity contribution in [1.29, 1.82) is 0 Å². The van der Waals surface area contributed by atoms with Crippen LogP contribution in [0.5, 0.6) is 0 Å². The molecule has 0 aliphatic carbocycles. The molecule has 0 aliphatic rings. The zero-order chi connectivity index (χ0) is 6.69. The Bertz CT molecular complexity index is 174. The first-order chi connectivity index (χ1) is 4.30. The predicted octanol–water partition coefficient (Wildman–Crippen LogP) is 0.997. The number of hydrogen-bond acceptors (Lipinski definition) is 2. The maximum Gasteiger partial charge on any atom is 0.0513 e. The number of rotatable bonds is 1. The average Bonchev–Trinajstić information content (AvgIpc) is 1.90.